The second-order valence-electron chi connectivity index (χ2n) is 5.95. The molecule has 2 amide bonds. The van der Waals surface area contributed by atoms with Crippen molar-refractivity contribution in [3.63, 3.8) is 0 Å². The number of hydrogen-bond donors (Lipinski definition) is 1. The summed E-state index contributed by atoms with van der Waals surface area (Å²) in [6.45, 7) is -0.269. The number of amides is 2. The Labute approximate surface area is 132 Å². The van der Waals surface area contributed by atoms with Crippen LogP contribution < -0.4 is 4.90 Å². The monoisotopic (exact) mass is 320 g/mol. The number of anilines is 1. The van der Waals surface area contributed by atoms with Gasteiger partial charge in [0, 0.05) is 19.0 Å². The van der Waals surface area contributed by atoms with Crippen LogP contribution in [0.3, 0.4) is 0 Å². The zero-order chi connectivity index (χ0) is 16.6. The number of nitrogens with zero attached hydrogens (tertiary/aromatic N) is 2. The van der Waals surface area contributed by atoms with E-state index in [1.54, 1.807) is 6.07 Å². The van der Waals surface area contributed by atoms with E-state index in [1.165, 1.54) is 28.0 Å². The first-order valence-electron chi connectivity index (χ1n) is 7.54. The number of benzene rings is 1. The second-order valence-corrected chi connectivity index (χ2v) is 5.95. The van der Waals surface area contributed by atoms with Gasteiger partial charge >= 0.3 is 5.97 Å². The topological polar surface area (TPSA) is 77.9 Å². The molecule has 0 spiro atoms. The fourth-order valence-corrected chi connectivity index (χ4v) is 2.93. The van der Waals surface area contributed by atoms with Crippen LogP contribution in [0.25, 0.3) is 0 Å². The number of carboxylic acids is 1. The van der Waals surface area contributed by atoms with Crippen molar-refractivity contribution in [3.8, 4) is 0 Å². The molecule has 0 radical (unpaired) electrons. The molecule has 1 saturated carbocycles. The zero-order valence-electron chi connectivity index (χ0n) is 12.4. The molecule has 1 aromatic rings. The van der Waals surface area contributed by atoms with E-state index in [4.69, 9.17) is 5.11 Å². The summed E-state index contributed by atoms with van der Waals surface area (Å²) in [6, 6.07) is 5.87. The molecule has 1 saturated heterocycles. The fraction of sp³-hybridized carbons (Fsp3) is 0.438. The van der Waals surface area contributed by atoms with Gasteiger partial charge in [-0.3, -0.25) is 14.4 Å². The first-order chi connectivity index (χ1) is 11.0. The normalized spacial score (nSPS) is 20.7. The lowest BCUT2D eigenvalue weighted by Gasteiger charge is -2.24. The van der Waals surface area contributed by atoms with Crippen molar-refractivity contribution in [2.24, 2.45) is 5.92 Å². The highest BCUT2D eigenvalue weighted by atomic mass is 19.1. The molecular formula is C16H17FN2O4. The van der Waals surface area contributed by atoms with Crippen LogP contribution in [0.5, 0.6) is 0 Å². The Kier molecular flexibility index (Phi) is 4.02. The van der Waals surface area contributed by atoms with Gasteiger partial charge in [0.2, 0.25) is 11.8 Å². The molecule has 1 heterocycles. The molecule has 1 atom stereocenters. The summed E-state index contributed by atoms with van der Waals surface area (Å²) in [5, 5.41) is 8.95. The fourth-order valence-electron chi connectivity index (χ4n) is 2.93. The van der Waals surface area contributed by atoms with Crippen molar-refractivity contribution < 1.29 is 23.9 Å². The number of rotatable bonds is 5. The molecular weight excluding hydrogens is 303 g/mol. The van der Waals surface area contributed by atoms with E-state index < -0.39 is 17.7 Å². The van der Waals surface area contributed by atoms with Crippen molar-refractivity contribution in [1.82, 2.24) is 4.90 Å². The van der Waals surface area contributed by atoms with E-state index in [0.717, 1.165) is 12.8 Å². The lowest BCUT2D eigenvalue weighted by molar-refractivity contribution is -0.146. The number of carbonyl (C=O) groups excluding carboxylic acids is 2. The first kappa shape index (κ1) is 15.5. The molecule has 1 unspecified atom stereocenters. The molecule has 2 fully saturated rings. The summed E-state index contributed by atoms with van der Waals surface area (Å²) in [6.07, 6.45) is 1.56. The third-order valence-corrected chi connectivity index (χ3v) is 4.19. The van der Waals surface area contributed by atoms with Crippen LogP contribution in [0.1, 0.15) is 19.3 Å². The van der Waals surface area contributed by atoms with Gasteiger partial charge in [0.05, 0.1) is 11.6 Å². The van der Waals surface area contributed by atoms with Crippen LogP contribution in [0.2, 0.25) is 0 Å². The van der Waals surface area contributed by atoms with Gasteiger partial charge in [0.1, 0.15) is 12.4 Å². The summed E-state index contributed by atoms with van der Waals surface area (Å²) in [4.78, 5) is 38.2. The largest absolute Gasteiger partial charge is 0.480 e. The Balaban J connectivity index is 1.75. The van der Waals surface area contributed by atoms with Crippen molar-refractivity contribution in [2.45, 2.75) is 25.3 Å². The van der Waals surface area contributed by atoms with Crippen LogP contribution in [-0.2, 0) is 14.4 Å². The van der Waals surface area contributed by atoms with Gasteiger partial charge in [-0.05, 0) is 25.0 Å². The number of hydrogen-bond acceptors (Lipinski definition) is 3. The average molecular weight is 320 g/mol. The third kappa shape index (κ3) is 3.18. The number of para-hydroxylation sites is 1. The van der Waals surface area contributed by atoms with Crippen LogP contribution in [-0.4, -0.2) is 46.9 Å². The van der Waals surface area contributed by atoms with Crippen molar-refractivity contribution in [1.29, 1.82) is 0 Å². The van der Waals surface area contributed by atoms with E-state index in [2.05, 4.69) is 0 Å². The van der Waals surface area contributed by atoms with Crippen molar-refractivity contribution in [3.05, 3.63) is 30.1 Å². The number of carboxylic acid groups (broad SMARTS) is 1. The van der Waals surface area contributed by atoms with Crippen molar-refractivity contribution in [2.75, 3.05) is 18.0 Å². The Morgan fingerprint density at radius 1 is 1.30 bits per heavy atom. The molecule has 1 aliphatic heterocycles. The summed E-state index contributed by atoms with van der Waals surface area (Å²) < 4.78 is 13.8. The Morgan fingerprint density at radius 2 is 2.00 bits per heavy atom. The molecule has 0 bridgehead atoms. The average Bonchev–Trinajstić information content (AvgIpc) is 3.27. The first-order valence-corrected chi connectivity index (χ1v) is 7.54. The van der Waals surface area contributed by atoms with E-state index in [-0.39, 0.29) is 43.1 Å². The zero-order valence-corrected chi connectivity index (χ0v) is 12.4. The standard InChI is InChI=1S/C16H17FN2O4/c17-12-3-1-2-4-13(12)19-8-10(7-14(19)20)16(23)18(9-15(21)22)11-5-6-11/h1-4,10-11H,5-9H2,(H,21,22). The van der Waals surface area contributed by atoms with E-state index in [9.17, 15) is 18.8 Å². The highest BCUT2D eigenvalue weighted by molar-refractivity contribution is 6.00. The maximum absolute atomic E-state index is 13.8. The Morgan fingerprint density at radius 3 is 2.61 bits per heavy atom. The highest BCUT2D eigenvalue weighted by Crippen LogP contribution is 2.32. The SMILES string of the molecule is O=C(O)CN(C(=O)C1CC(=O)N(c2ccccc2F)C1)C1CC1. The van der Waals surface area contributed by atoms with E-state index >= 15 is 0 Å². The van der Waals surface area contributed by atoms with Crippen LogP contribution >= 0.6 is 0 Å². The Bertz CT molecular complexity index is 659. The third-order valence-electron chi connectivity index (χ3n) is 4.19. The molecule has 1 aliphatic carbocycles. The van der Waals surface area contributed by atoms with Gasteiger partial charge in [-0.15, -0.1) is 0 Å². The molecule has 2 aliphatic rings. The predicted molar refractivity (Wildman–Crippen MR) is 79.2 cm³/mol. The Hall–Kier alpha value is -2.44. The highest BCUT2D eigenvalue weighted by Gasteiger charge is 2.42. The summed E-state index contributed by atoms with van der Waals surface area (Å²) in [5.74, 6) is -2.86. The minimum absolute atomic E-state index is 0.0179. The number of carbonyl (C=O) groups is 3. The summed E-state index contributed by atoms with van der Waals surface area (Å²) in [5.41, 5.74) is 0.156. The van der Waals surface area contributed by atoms with Crippen LogP contribution in [0.15, 0.2) is 24.3 Å². The van der Waals surface area contributed by atoms with Crippen LogP contribution in [0.4, 0.5) is 10.1 Å². The van der Waals surface area contributed by atoms with Gasteiger partial charge in [0.25, 0.3) is 0 Å². The molecule has 1 N–H and O–H groups in total. The number of halogens is 1. The van der Waals surface area contributed by atoms with Gasteiger partial charge in [-0.1, -0.05) is 12.1 Å². The van der Waals surface area contributed by atoms with Gasteiger partial charge in [0.15, 0.2) is 0 Å². The molecule has 0 aromatic heterocycles. The molecule has 6 nitrogen and oxygen atoms in total. The molecule has 23 heavy (non-hydrogen) atoms. The quantitative estimate of drug-likeness (QED) is 0.886. The van der Waals surface area contributed by atoms with E-state index in [1.807, 2.05) is 0 Å². The number of aliphatic carboxylic acids is 1. The molecule has 122 valence electrons. The summed E-state index contributed by atoms with van der Waals surface area (Å²) >= 11 is 0. The minimum atomic E-state index is -1.07. The molecule has 1 aromatic carbocycles. The van der Waals surface area contributed by atoms with Crippen LogP contribution in [0, 0.1) is 11.7 Å². The van der Waals surface area contributed by atoms with E-state index in [0.29, 0.717) is 0 Å². The molecule has 3 rings (SSSR count). The van der Waals surface area contributed by atoms with Gasteiger partial charge in [-0.2, -0.15) is 0 Å². The maximum Gasteiger partial charge on any atom is 0.323 e. The lowest BCUT2D eigenvalue weighted by atomic mass is 10.1. The second kappa shape index (κ2) is 5.98. The molecule has 7 heteroatoms. The van der Waals surface area contributed by atoms with Gasteiger partial charge in [-0.25, -0.2) is 4.39 Å². The van der Waals surface area contributed by atoms with Gasteiger partial charge < -0.3 is 14.9 Å². The lowest BCUT2D eigenvalue weighted by Crippen LogP contribution is -2.42. The van der Waals surface area contributed by atoms with Crippen molar-refractivity contribution >= 4 is 23.5 Å². The minimum Gasteiger partial charge on any atom is -0.480 e. The predicted octanol–water partition coefficient (Wildman–Crippen LogP) is 1.25. The maximum atomic E-state index is 13.8. The smallest absolute Gasteiger partial charge is 0.323 e. The summed E-state index contributed by atoms with van der Waals surface area (Å²) in [7, 11) is 0.